The molecule has 0 bridgehead atoms. The van der Waals surface area contributed by atoms with Gasteiger partial charge in [0.25, 0.3) is 0 Å². The first kappa shape index (κ1) is 20.9. The molecule has 0 amide bonds. The third-order valence-corrected chi connectivity index (χ3v) is 6.62. The average molecular weight is 434 g/mol. The number of carbonyl (C=O) groups excluding carboxylic acids is 1. The molecular formula is C26H28FN3O2. The first-order valence-electron chi connectivity index (χ1n) is 11.4. The fourth-order valence-corrected chi connectivity index (χ4v) is 4.85. The van der Waals surface area contributed by atoms with Gasteiger partial charge in [0.1, 0.15) is 18.2 Å². The van der Waals surface area contributed by atoms with Gasteiger partial charge in [-0.2, -0.15) is 0 Å². The van der Waals surface area contributed by atoms with Crippen LogP contribution < -0.4 is 0 Å². The van der Waals surface area contributed by atoms with Crippen LogP contribution in [0.5, 0.6) is 0 Å². The number of aromatic nitrogens is 2. The van der Waals surface area contributed by atoms with E-state index in [9.17, 15) is 9.18 Å². The molecule has 0 saturated carbocycles. The van der Waals surface area contributed by atoms with E-state index in [1.807, 2.05) is 12.1 Å². The van der Waals surface area contributed by atoms with Crippen molar-refractivity contribution in [2.45, 2.75) is 44.8 Å². The summed E-state index contributed by atoms with van der Waals surface area (Å²) in [5.74, 6) is 0.819. The molecule has 5 rings (SSSR count). The molecule has 2 aliphatic rings. The number of oxazole rings is 1. The first-order valence-corrected chi connectivity index (χ1v) is 11.4. The van der Waals surface area contributed by atoms with Crippen molar-refractivity contribution in [3.63, 3.8) is 0 Å². The Morgan fingerprint density at radius 3 is 2.81 bits per heavy atom. The lowest BCUT2D eigenvalue weighted by molar-refractivity contribution is -0.118. The van der Waals surface area contributed by atoms with Gasteiger partial charge in [-0.3, -0.25) is 4.79 Å². The van der Waals surface area contributed by atoms with Crippen LogP contribution in [0.25, 0.3) is 34.0 Å². The summed E-state index contributed by atoms with van der Waals surface area (Å²) in [6.07, 6.45) is 9.43. The molecule has 1 aromatic carbocycles. The van der Waals surface area contributed by atoms with E-state index < -0.39 is 6.17 Å². The molecule has 1 fully saturated rings. The van der Waals surface area contributed by atoms with E-state index in [2.05, 4.69) is 39.2 Å². The number of hydrogen-bond donors (Lipinski definition) is 0. The lowest BCUT2D eigenvalue weighted by atomic mass is 9.98. The van der Waals surface area contributed by atoms with Crippen molar-refractivity contribution < 1.29 is 13.6 Å². The smallest absolute Gasteiger partial charge is 0.225 e. The van der Waals surface area contributed by atoms with Crippen molar-refractivity contribution in [2.75, 3.05) is 19.6 Å². The van der Waals surface area contributed by atoms with Crippen LogP contribution in [0, 0.1) is 0 Å². The van der Waals surface area contributed by atoms with Gasteiger partial charge in [-0.15, -0.1) is 0 Å². The zero-order valence-electron chi connectivity index (χ0n) is 18.2. The standard InChI is InChI=1S/C26H28FN3O2/c1-18-5-7-21(31)3-2-4-24-25(18)22-17-19(26-28-11-16-32-26)6-8-23(22)30(24)15-14-29-12-9-20(27)10-13-29/h2,4,6,8,11,16-17,20H,1,3,5,7,9-10,12-15H2/b4-2-. The van der Waals surface area contributed by atoms with Gasteiger partial charge in [-0.1, -0.05) is 12.7 Å². The lowest BCUT2D eigenvalue weighted by Crippen LogP contribution is -2.36. The number of fused-ring (bicyclic) bond motifs is 3. The van der Waals surface area contributed by atoms with Gasteiger partial charge in [0.15, 0.2) is 0 Å². The van der Waals surface area contributed by atoms with Crippen LogP contribution in [0.2, 0.25) is 0 Å². The molecule has 0 radical (unpaired) electrons. The highest BCUT2D eigenvalue weighted by molar-refractivity contribution is 6.00. The highest BCUT2D eigenvalue weighted by atomic mass is 19.1. The minimum absolute atomic E-state index is 0.234. The van der Waals surface area contributed by atoms with Crippen LogP contribution in [0.1, 0.15) is 43.4 Å². The Bertz CT molecular complexity index is 1170. The van der Waals surface area contributed by atoms with Crippen molar-refractivity contribution >= 4 is 28.3 Å². The third kappa shape index (κ3) is 4.07. The number of piperidine rings is 1. The number of halogens is 1. The van der Waals surface area contributed by atoms with Gasteiger partial charge in [0, 0.05) is 66.7 Å². The zero-order valence-corrected chi connectivity index (χ0v) is 18.2. The van der Waals surface area contributed by atoms with Crippen molar-refractivity contribution in [3.05, 3.63) is 54.6 Å². The molecule has 0 N–H and O–H groups in total. The van der Waals surface area contributed by atoms with E-state index in [0.29, 0.717) is 38.0 Å². The number of carbonyl (C=O) groups is 1. The highest BCUT2D eigenvalue weighted by Gasteiger charge is 2.22. The number of nitrogens with zero attached hydrogens (tertiary/aromatic N) is 3. The fraction of sp³-hybridized carbons (Fsp3) is 0.385. The van der Waals surface area contributed by atoms with Gasteiger partial charge in [-0.05, 0) is 49.1 Å². The molecule has 0 unspecified atom stereocenters. The van der Waals surface area contributed by atoms with E-state index >= 15 is 0 Å². The fourth-order valence-electron chi connectivity index (χ4n) is 4.85. The van der Waals surface area contributed by atoms with Crippen molar-refractivity contribution in [2.24, 2.45) is 0 Å². The Hall–Kier alpha value is -2.99. The number of ketones is 1. The summed E-state index contributed by atoms with van der Waals surface area (Å²) < 4.78 is 21.4. The van der Waals surface area contributed by atoms with Crippen molar-refractivity contribution in [1.29, 1.82) is 0 Å². The molecule has 0 atom stereocenters. The number of benzene rings is 1. The summed E-state index contributed by atoms with van der Waals surface area (Å²) in [4.78, 5) is 18.8. The molecule has 1 aliphatic carbocycles. The minimum Gasteiger partial charge on any atom is -0.445 e. The minimum atomic E-state index is -0.667. The number of alkyl halides is 1. The van der Waals surface area contributed by atoms with E-state index in [-0.39, 0.29) is 5.78 Å². The average Bonchev–Trinajstić information content (AvgIpc) is 3.44. The Balaban J connectivity index is 1.58. The maximum Gasteiger partial charge on any atom is 0.225 e. The predicted molar refractivity (Wildman–Crippen MR) is 125 cm³/mol. The van der Waals surface area contributed by atoms with Crippen LogP contribution in [-0.4, -0.2) is 46.0 Å². The van der Waals surface area contributed by atoms with Crippen molar-refractivity contribution in [1.82, 2.24) is 14.5 Å². The maximum atomic E-state index is 13.6. The number of hydrogen-bond acceptors (Lipinski definition) is 4. The van der Waals surface area contributed by atoms with Gasteiger partial charge >= 0.3 is 0 Å². The van der Waals surface area contributed by atoms with Crippen LogP contribution >= 0.6 is 0 Å². The summed E-state index contributed by atoms with van der Waals surface area (Å²) in [7, 11) is 0. The molecule has 5 nitrogen and oxygen atoms in total. The predicted octanol–water partition coefficient (Wildman–Crippen LogP) is 5.51. The van der Waals surface area contributed by atoms with Gasteiger partial charge in [0.2, 0.25) is 5.89 Å². The Kier molecular flexibility index (Phi) is 5.79. The first-order chi connectivity index (χ1) is 15.6. The molecule has 1 saturated heterocycles. The van der Waals surface area contributed by atoms with Crippen molar-refractivity contribution in [3.8, 4) is 11.5 Å². The van der Waals surface area contributed by atoms with E-state index in [0.717, 1.165) is 59.5 Å². The Morgan fingerprint density at radius 2 is 2.03 bits per heavy atom. The molecule has 3 aromatic rings. The van der Waals surface area contributed by atoms with Crippen LogP contribution in [-0.2, 0) is 11.3 Å². The quantitative estimate of drug-likeness (QED) is 0.544. The summed E-state index contributed by atoms with van der Waals surface area (Å²) >= 11 is 0. The molecule has 6 heteroatoms. The van der Waals surface area contributed by atoms with Crippen LogP contribution in [0.3, 0.4) is 0 Å². The number of likely N-dealkylation sites (tertiary alicyclic amines) is 1. The lowest BCUT2D eigenvalue weighted by Gasteiger charge is -2.28. The molecule has 1 aliphatic heterocycles. The molecule has 0 spiro atoms. The van der Waals surface area contributed by atoms with E-state index in [1.165, 1.54) is 0 Å². The van der Waals surface area contributed by atoms with E-state index in [1.54, 1.807) is 12.5 Å². The third-order valence-electron chi connectivity index (χ3n) is 6.62. The Labute approximate surface area is 187 Å². The van der Waals surface area contributed by atoms with Gasteiger partial charge < -0.3 is 13.9 Å². The summed E-state index contributed by atoms with van der Waals surface area (Å²) in [5.41, 5.74) is 5.21. The number of allylic oxidation sites excluding steroid dienone is 2. The highest BCUT2D eigenvalue weighted by Crippen LogP contribution is 2.37. The van der Waals surface area contributed by atoms with Crippen LogP contribution in [0.15, 0.2) is 47.7 Å². The second kappa shape index (κ2) is 8.87. The molecular weight excluding hydrogens is 405 g/mol. The number of Topliss-reactive ketones (excluding diaryl/α,β-unsaturated/α-hetero) is 1. The Morgan fingerprint density at radius 1 is 1.19 bits per heavy atom. The largest absolute Gasteiger partial charge is 0.445 e. The summed E-state index contributed by atoms with van der Waals surface area (Å²) in [6.45, 7) is 7.62. The SMILES string of the molecule is C=C1CCC(=O)C/C=C\c2c1c1cc(-c3ncco3)ccc1n2CCN1CCC(F)CC1. The van der Waals surface area contributed by atoms with Gasteiger partial charge in [-0.25, -0.2) is 9.37 Å². The zero-order chi connectivity index (χ0) is 22.1. The summed E-state index contributed by atoms with van der Waals surface area (Å²) in [6, 6.07) is 6.27. The normalized spacial score (nSPS) is 19.5. The second-order valence-corrected chi connectivity index (χ2v) is 8.75. The molecule has 166 valence electrons. The molecule has 32 heavy (non-hydrogen) atoms. The maximum absolute atomic E-state index is 13.6. The van der Waals surface area contributed by atoms with Crippen LogP contribution in [0.4, 0.5) is 4.39 Å². The number of rotatable bonds is 4. The topological polar surface area (TPSA) is 51.3 Å². The monoisotopic (exact) mass is 433 g/mol. The molecule has 3 heterocycles. The van der Waals surface area contributed by atoms with E-state index in [4.69, 9.17) is 4.42 Å². The second-order valence-electron chi connectivity index (χ2n) is 8.75. The van der Waals surface area contributed by atoms with Gasteiger partial charge in [0.05, 0.1) is 6.20 Å². The molecule has 2 aromatic heterocycles. The summed E-state index contributed by atoms with van der Waals surface area (Å²) in [5, 5.41) is 1.10.